The Kier molecular flexibility index (Phi) is 6.58. The third-order valence-electron chi connectivity index (χ3n) is 2.29. The summed E-state index contributed by atoms with van der Waals surface area (Å²) in [6.07, 6.45) is 0. The Labute approximate surface area is 219 Å². The Morgan fingerprint density at radius 2 is 0.553 bits per heavy atom. The molecule has 0 saturated carbocycles. The van der Waals surface area contributed by atoms with Crippen molar-refractivity contribution < 1.29 is 223 Å². The zero-order valence-corrected chi connectivity index (χ0v) is 32.0. The van der Waals surface area contributed by atoms with Gasteiger partial charge < -0.3 is 0 Å². The third-order valence-corrected chi connectivity index (χ3v) is 80.0. The number of hydrogen-bond acceptors (Lipinski definition) is 18. The molecule has 0 radical (unpaired) electrons. The van der Waals surface area contributed by atoms with E-state index in [1.54, 1.807) is 0 Å². The van der Waals surface area contributed by atoms with E-state index in [0.717, 1.165) is 0 Å². The van der Waals surface area contributed by atoms with Crippen LogP contribution in [0.4, 0.5) is 0 Å². The molecule has 3 aliphatic heterocycles. The van der Waals surface area contributed by atoms with Crippen molar-refractivity contribution in [3.05, 3.63) is 0 Å². The van der Waals surface area contributed by atoms with Gasteiger partial charge in [-0.1, -0.05) is 0 Å². The van der Waals surface area contributed by atoms with Gasteiger partial charge in [-0.3, -0.25) is 0 Å². The van der Waals surface area contributed by atoms with E-state index in [1.807, 2.05) is 0 Å². The predicted octanol–water partition coefficient (Wildman–Crippen LogP) is -8.34. The van der Waals surface area contributed by atoms with E-state index in [1.165, 1.54) is 0 Å². The fourth-order valence-electron chi connectivity index (χ4n) is 2.12. The van der Waals surface area contributed by atoms with Gasteiger partial charge in [0.15, 0.2) is 0 Å². The molecule has 0 unspecified atom stereocenters. The van der Waals surface area contributed by atoms with Crippen LogP contribution in [-0.4, -0.2) is 45.1 Å². The Bertz CT molecular complexity index is 1540. The van der Waals surface area contributed by atoms with Crippen LogP contribution in [0.25, 0.3) is 0 Å². The summed E-state index contributed by atoms with van der Waals surface area (Å²) in [5, 5.41) is 0. The Hall–Kier alpha value is 3.03. The van der Waals surface area contributed by atoms with E-state index in [0.29, 0.717) is 0 Å². The van der Waals surface area contributed by atoms with Gasteiger partial charge in [-0.25, -0.2) is 0 Å². The van der Waals surface area contributed by atoms with Crippen molar-refractivity contribution in [2.24, 2.45) is 0 Å². The minimum absolute atomic E-state index is 2.92. The molecule has 3 aliphatic rings. The van der Waals surface area contributed by atoms with E-state index in [-0.39, 0.29) is 0 Å². The number of rotatable bonds is 4. The first-order valence-corrected chi connectivity index (χ1v) is 40.6. The van der Waals surface area contributed by atoms with Crippen molar-refractivity contribution in [1.82, 2.24) is 0 Å². The molecule has 4 bridgehead atoms. The van der Waals surface area contributed by atoms with E-state index in [9.17, 15) is 49.7 Å². The summed E-state index contributed by atoms with van der Waals surface area (Å²) >= 11 is -78.8. The zero-order chi connectivity index (χ0) is 30.6. The van der Waals surface area contributed by atoms with Crippen LogP contribution in [0.1, 0.15) is 0 Å². The molecule has 3 fully saturated rings. The van der Waals surface area contributed by atoms with Crippen molar-refractivity contribution in [2.75, 3.05) is 0 Å². The Balaban J connectivity index is 2.47. The van der Waals surface area contributed by atoms with Crippen molar-refractivity contribution in [3.63, 3.8) is 0 Å². The van der Waals surface area contributed by atoms with Gasteiger partial charge in [0.25, 0.3) is 0 Å². The normalized spacial score (nSPS) is 43.9. The van der Waals surface area contributed by atoms with E-state index >= 15 is 0 Å². The van der Waals surface area contributed by atoms with Gasteiger partial charge in [0.1, 0.15) is 0 Å². The second-order valence-electron chi connectivity index (χ2n) is 6.44. The van der Waals surface area contributed by atoms with Crippen LogP contribution in [0.5, 0.6) is 0 Å². The molecule has 0 aromatic carbocycles. The van der Waals surface area contributed by atoms with Crippen molar-refractivity contribution >= 4 is 0 Å². The van der Waals surface area contributed by atoms with Gasteiger partial charge in [0, 0.05) is 0 Å². The summed E-state index contributed by atoms with van der Waals surface area (Å²) < 4.78 is 245. The van der Waals surface area contributed by atoms with Crippen LogP contribution in [0.2, 0.25) is 0 Å². The van der Waals surface area contributed by atoms with Crippen LogP contribution in [0, 0.1) is 0 Å². The van der Waals surface area contributed by atoms with Crippen LogP contribution in [0.3, 0.4) is 0 Å². The van der Waals surface area contributed by atoms with Crippen molar-refractivity contribution in [1.29, 1.82) is 0 Å². The van der Waals surface area contributed by atoms with E-state index in [4.69, 9.17) is 22.6 Å². The first-order chi connectivity index (χ1) is 15.3. The molecule has 30 nitrogen and oxygen atoms in total. The SMILES string of the molecule is [O]=[Mo]([OH])([OH])([OH])[O][Mo]1(=[O])([OH])[O][Mo]2(=[O])([OH])[O][Mo](=[O])([OH])([O]1)[O][Mo]1(=[O])([OH])[O][Mo](=[O])([OH])([O][Mo](=[O])([OH])([OH])[OH])[O][Mo](=[O])([OH])([O]1)[O]2. The average molecular weight is 1260 g/mol. The second-order valence-corrected chi connectivity index (χ2v) is 57.9. The fraction of sp³-hybridized carbons (Fsp3) is 0. The molecular weight excluding hydrogens is 1250 g/mol. The molecule has 0 atom stereocenters. The molecule has 0 amide bonds. The molecule has 12 N–H and O–H groups in total. The Morgan fingerprint density at radius 3 is 0.684 bits per heavy atom. The molecule has 38 heavy (non-hydrogen) atoms. The van der Waals surface area contributed by atoms with Gasteiger partial charge in [0.05, 0.1) is 0 Å². The minimum atomic E-state index is -10.1. The molecule has 3 heterocycles. The van der Waals surface area contributed by atoms with Crippen molar-refractivity contribution in [3.8, 4) is 0 Å². The summed E-state index contributed by atoms with van der Waals surface area (Å²) in [6, 6.07) is 0. The topological polar surface area (TPSA) is 472 Å². The summed E-state index contributed by atoms with van der Waals surface area (Å²) in [4.78, 5) is 0. The van der Waals surface area contributed by atoms with Crippen LogP contribution < -0.4 is 0 Å². The summed E-state index contributed by atoms with van der Waals surface area (Å²) in [5.74, 6) is 0. The quantitative estimate of drug-likeness (QED) is 0.116. The molecule has 0 aliphatic carbocycles. The van der Waals surface area contributed by atoms with Crippen LogP contribution in [-0.2, 0) is 178 Å². The standard InChI is InChI=1S/8Mo.12H2O.18O/h;;;;;;;;12*1H2;;;;;;;;;;;;;;;;;;/q6*+1;2*+3;;;;;;;;;;;;;;;;;;;;;;;;;;;;;;/p-12. The van der Waals surface area contributed by atoms with Gasteiger partial charge in [-0.2, -0.15) is 0 Å². The van der Waals surface area contributed by atoms with Gasteiger partial charge in [-0.05, 0) is 0 Å². The summed E-state index contributed by atoms with van der Waals surface area (Å²) in [5.41, 5.74) is 0. The van der Waals surface area contributed by atoms with Crippen molar-refractivity contribution in [2.45, 2.75) is 0 Å². The maximum absolute atomic E-state index is 12.9. The third kappa shape index (κ3) is 8.19. The Morgan fingerprint density at radius 1 is 0.395 bits per heavy atom. The van der Waals surface area contributed by atoms with Gasteiger partial charge >= 0.3 is 223 Å². The molecular formula is H12Mo8O30. The molecule has 0 aromatic heterocycles. The van der Waals surface area contributed by atoms with Crippen LogP contribution >= 0.6 is 0 Å². The molecule has 0 aromatic rings. The fourth-order valence-corrected chi connectivity index (χ4v) is 109. The number of fused-ring (bicyclic) bond motifs is 4. The molecule has 3 saturated heterocycles. The second kappa shape index (κ2) is 7.04. The monoisotopic (exact) mass is 1280 g/mol. The first-order valence-electron chi connectivity index (χ1n) is 6.86. The first kappa shape index (κ1) is 35.5. The maximum atomic E-state index is 12.9. The molecule has 3 rings (SSSR count). The van der Waals surface area contributed by atoms with Gasteiger partial charge in [-0.15, -0.1) is 0 Å². The van der Waals surface area contributed by atoms with Gasteiger partial charge in [0.2, 0.25) is 0 Å². The molecule has 38 heteroatoms. The summed E-state index contributed by atoms with van der Waals surface area (Å²) in [6.45, 7) is 0. The molecule has 0 spiro atoms. The molecule has 240 valence electrons. The zero-order valence-electron chi connectivity index (χ0n) is 16.0. The number of hydrogen-bond donors (Lipinski definition) is 12. The van der Waals surface area contributed by atoms with Crippen LogP contribution in [0.15, 0.2) is 0 Å². The van der Waals surface area contributed by atoms with E-state index < -0.39 is 130 Å². The predicted molar refractivity (Wildman–Crippen MR) is 43.0 cm³/mol. The average Bonchev–Trinajstić information content (AvgIpc) is 2.08. The van der Waals surface area contributed by atoms with E-state index in [2.05, 4.69) is 20.4 Å². The summed E-state index contributed by atoms with van der Waals surface area (Å²) in [7, 11) is 0.